The van der Waals surface area contributed by atoms with Crippen molar-refractivity contribution in [1.82, 2.24) is 0 Å². The Labute approximate surface area is 176 Å². The van der Waals surface area contributed by atoms with E-state index in [0.29, 0.717) is 23.8 Å². The van der Waals surface area contributed by atoms with Gasteiger partial charge >= 0.3 is 0 Å². The van der Waals surface area contributed by atoms with Crippen molar-refractivity contribution in [2.24, 2.45) is 0 Å². The highest BCUT2D eigenvalue weighted by Gasteiger charge is 2.25. The standard InChI is InChI=1S/C25H24N2O3/c1-17(2)20-7-3-4-8-21(20)26-25(29)19-13-11-18(12-14-19)15-27-22-9-5-6-10-23(22)30-16-24(27)28/h3-14,17H,15-16H2,1-2H3,(H,26,29). The number of fused-ring (bicyclic) bond motifs is 1. The fraction of sp³-hybridized carbons (Fsp3) is 0.200. The fourth-order valence-electron chi connectivity index (χ4n) is 3.58. The number of anilines is 2. The van der Waals surface area contributed by atoms with Gasteiger partial charge in [-0.15, -0.1) is 0 Å². The van der Waals surface area contributed by atoms with Crippen LogP contribution in [0.15, 0.2) is 72.8 Å². The molecule has 1 aliphatic heterocycles. The maximum absolute atomic E-state index is 12.7. The number of rotatable bonds is 5. The highest BCUT2D eigenvalue weighted by Crippen LogP contribution is 2.32. The zero-order chi connectivity index (χ0) is 21.1. The molecule has 5 heteroatoms. The summed E-state index contributed by atoms with van der Waals surface area (Å²) in [5.74, 6) is 0.790. The van der Waals surface area contributed by atoms with E-state index < -0.39 is 0 Å². The Morgan fingerprint density at radius 2 is 1.70 bits per heavy atom. The SMILES string of the molecule is CC(C)c1ccccc1NC(=O)c1ccc(CN2C(=O)COc3ccccc32)cc1. The summed E-state index contributed by atoms with van der Waals surface area (Å²) >= 11 is 0. The number of benzene rings is 3. The van der Waals surface area contributed by atoms with E-state index in [1.165, 1.54) is 0 Å². The molecular formula is C25H24N2O3. The van der Waals surface area contributed by atoms with Crippen LogP contribution < -0.4 is 15.0 Å². The monoisotopic (exact) mass is 400 g/mol. The molecule has 1 N–H and O–H groups in total. The number of carbonyl (C=O) groups excluding carboxylic acids is 2. The zero-order valence-electron chi connectivity index (χ0n) is 17.1. The minimum absolute atomic E-state index is 0.0345. The van der Waals surface area contributed by atoms with E-state index in [4.69, 9.17) is 4.74 Å². The van der Waals surface area contributed by atoms with Crippen LogP contribution in [-0.2, 0) is 11.3 Å². The highest BCUT2D eigenvalue weighted by molar-refractivity contribution is 6.04. The van der Waals surface area contributed by atoms with E-state index in [2.05, 4.69) is 19.2 Å². The lowest BCUT2D eigenvalue weighted by Crippen LogP contribution is -2.38. The van der Waals surface area contributed by atoms with Crippen LogP contribution in [0, 0.1) is 0 Å². The van der Waals surface area contributed by atoms with Gasteiger partial charge in [0.1, 0.15) is 5.75 Å². The second-order valence-corrected chi connectivity index (χ2v) is 7.63. The van der Waals surface area contributed by atoms with E-state index in [-0.39, 0.29) is 18.4 Å². The zero-order valence-corrected chi connectivity index (χ0v) is 17.1. The first-order valence-electron chi connectivity index (χ1n) is 10.0. The molecule has 0 saturated carbocycles. The van der Waals surface area contributed by atoms with Gasteiger partial charge in [-0.25, -0.2) is 0 Å². The lowest BCUT2D eigenvalue weighted by atomic mass is 10.0. The first kappa shape index (κ1) is 19.7. The average molecular weight is 400 g/mol. The molecule has 0 aromatic heterocycles. The maximum Gasteiger partial charge on any atom is 0.265 e. The number of hydrogen-bond acceptors (Lipinski definition) is 3. The predicted molar refractivity (Wildman–Crippen MR) is 118 cm³/mol. The van der Waals surface area contributed by atoms with Gasteiger partial charge < -0.3 is 15.0 Å². The van der Waals surface area contributed by atoms with Crippen molar-refractivity contribution in [3.63, 3.8) is 0 Å². The van der Waals surface area contributed by atoms with Crippen LogP contribution in [0.2, 0.25) is 0 Å². The molecule has 4 rings (SSSR count). The minimum atomic E-state index is -0.151. The van der Waals surface area contributed by atoms with Crippen molar-refractivity contribution in [2.45, 2.75) is 26.3 Å². The van der Waals surface area contributed by atoms with Crippen LogP contribution in [0.25, 0.3) is 0 Å². The van der Waals surface area contributed by atoms with E-state index >= 15 is 0 Å². The summed E-state index contributed by atoms with van der Waals surface area (Å²) in [7, 11) is 0. The van der Waals surface area contributed by atoms with Crippen molar-refractivity contribution in [1.29, 1.82) is 0 Å². The van der Waals surface area contributed by atoms with E-state index in [9.17, 15) is 9.59 Å². The third kappa shape index (κ3) is 4.06. The molecular weight excluding hydrogens is 376 g/mol. The van der Waals surface area contributed by atoms with Crippen LogP contribution in [0.4, 0.5) is 11.4 Å². The van der Waals surface area contributed by atoms with Crippen molar-refractivity contribution < 1.29 is 14.3 Å². The molecule has 30 heavy (non-hydrogen) atoms. The second-order valence-electron chi connectivity index (χ2n) is 7.63. The molecule has 0 atom stereocenters. The molecule has 0 spiro atoms. The molecule has 0 fully saturated rings. The molecule has 0 unspecified atom stereocenters. The number of nitrogens with one attached hydrogen (secondary N) is 1. The molecule has 1 aliphatic rings. The Balaban J connectivity index is 1.49. The van der Waals surface area contributed by atoms with Crippen molar-refractivity contribution in [2.75, 3.05) is 16.8 Å². The number of para-hydroxylation sites is 3. The van der Waals surface area contributed by atoms with E-state index in [1.54, 1.807) is 17.0 Å². The van der Waals surface area contributed by atoms with Gasteiger partial charge in [0.05, 0.1) is 12.2 Å². The van der Waals surface area contributed by atoms with Gasteiger partial charge in [0.25, 0.3) is 11.8 Å². The third-order valence-electron chi connectivity index (χ3n) is 5.20. The highest BCUT2D eigenvalue weighted by atomic mass is 16.5. The molecule has 0 aliphatic carbocycles. The van der Waals surface area contributed by atoms with Gasteiger partial charge in [-0.3, -0.25) is 9.59 Å². The van der Waals surface area contributed by atoms with E-state index in [1.807, 2.05) is 60.7 Å². The van der Waals surface area contributed by atoms with Crippen molar-refractivity contribution in [3.05, 3.63) is 89.5 Å². The maximum atomic E-state index is 12.7. The average Bonchev–Trinajstić information content (AvgIpc) is 2.76. The largest absolute Gasteiger partial charge is 0.482 e. The summed E-state index contributed by atoms with van der Waals surface area (Å²) < 4.78 is 5.49. The molecule has 5 nitrogen and oxygen atoms in total. The van der Waals surface area contributed by atoms with Crippen LogP contribution >= 0.6 is 0 Å². The quantitative estimate of drug-likeness (QED) is 0.657. The first-order chi connectivity index (χ1) is 14.5. The Morgan fingerprint density at radius 3 is 2.47 bits per heavy atom. The first-order valence-corrected chi connectivity index (χ1v) is 10.0. The van der Waals surface area contributed by atoms with E-state index in [0.717, 1.165) is 22.5 Å². The number of amides is 2. The molecule has 0 bridgehead atoms. The van der Waals surface area contributed by atoms with Gasteiger partial charge in [0.15, 0.2) is 6.61 Å². The predicted octanol–water partition coefficient (Wildman–Crippen LogP) is 4.99. The lowest BCUT2D eigenvalue weighted by molar-refractivity contribution is -0.121. The number of hydrogen-bond donors (Lipinski definition) is 1. The lowest BCUT2D eigenvalue weighted by Gasteiger charge is -2.29. The van der Waals surface area contributed by atoms with Gasteiger partial charge in [0.2, 0.25) is 0 Å². The summed E-state index contributed by atoms with van der Waals surface area (Å²) in [4.78, 5) is 26.8. The second kappa shape index (κ2) is 8.41. The normalized spacial score (nSPS) is 13.0. The van der Waals surface area contributed by atoms with Crippen LogP contribution in [0.1, 0.15) is 41.3 Å². The summed E-state index contributed by atoms with van der Waals surface area (Å²) in [6.45, 7) is 4.67. The number of carbonyl (C=O) groups is 2. The molecule has 0 radical (unpaired) electrons. The Bertz CT molecular complexity index is 1070. The molecule has 152 valence electrons. The Morgan fingerprint density at radius 1 is 1.00 bits per heavy atom. The number of ether oxygens (including phenoxy) is 1. The number of nitrogens with zero attached hydrogens (tertiary/aromatic N) is 1. The summed E-state index contributed by atoms with van der Waals surface area (Å²) in [5, 5.41) is 3.01. The molecule has 3 aromatic rings. The molecule has 0 saturated heterocycles. The van der Waals surface area contributed by atoms with Gasteiger partial charge in [-0.05, 0) is 47.4 Å². The topological polar surface area (TPSA) is 58.6 Å². The van der Waals surface area contributed by atoms with Crippen molar-refractivity contribution >= 4 is 23.2 Å². The summed E-state index contributed by atoms with van der Waals surface area (Å²) in [6.07, 6.45) is 0. The van der Waals surface area contributed by atoms with Gasteiger partial charge in [0, 0.05) is 11.3 Å². The van der Waals surface area contributed by atoms with Gasteiger partial charge in [-0.1, -0.05) is 56.3 Å². The van der Waals surface area contributed by atoms with Crippen LogP contribution in [-0.4, -0.2) is 18.4 Å². The fourth-order valence-corrected chi connectivity index (χ4v) is 3.58. The van der Waals surface area contributed by atoms with Crippen LogP contribution in [0.5, 0.6) is 5.75 Å². The molecule has 1 heterocycles. The summed E-state index contributed by atoms with van der Waals surface area (Å²) in [6, 6.07) is 22.7. The van der Waals surface area contributed by atoms with Crippen molar-refractivity contribution in [3.8, 4) is 5.75 Å². The Kier molecular flexibility index (Phi) is 5.53. The van der Waals surface area contributed by atoms with Gasteiger partial charge in [-0.2, -0.15) is 0 Å². The minimum Gasteiger partial charge on any atom is -0.482 e. The third-order valence-corrected chi connectivity index (χ3v) is 5.20. The molecule has 2 amide bonds. The Hall–Kier alpha value is -3.60. The molecule has 3 aromatic carbocycles. The summed E-state index contributed by atoms with van der Waals surface area (Å²) in [5.41, 5.74) is 4.22. The smallest absolute Gasteiger partial charge is 0.265 e. The van der Waals surface area contributed by atoms with Crippen LogP contribution in [0.3, 0.4) is 0 Å².